The van der Waals surface area contributed by atoms with Gasteiger partial charge in [0.05, 0.1) is 0 Å². The molecule has 0 amide bonds. The fourth-order valence-electron chi connectivity index (χ4n) is 1.22. The van der Waals surface area contributed by atoms with Crippen LogP contribution in [0.4, 0.5) is 13.2 Å². The Balaban J connectivity index is 2.27. The molecule has 0 saturated carbocycles. The van der Waals surface area contributed by atoms with Crippen LogP contribution in [0.25, 0.3) is 0 Å². The van der Waals surface area contributed by atoms with Crippen molar-refractivity contribution < 1.29 is 22.7 Å². The predicted octanol–water partition coefficient (Wildman–Crippen LogP) is 2.84. The number of Topliss-reactive ketones (excluding diaryl/α,β-unsaturated/α-hetero) is 1. The van der Waals surface area contributed by atoms with E-state index < -0.39 is 18.4 Å². The number of ether oxygens (including phenoxy) is 1. The van der Waals surface area contributed by atoms with E-state index in [4.69, 9.17) is 4.74 Å². The fraction of sp³-hybridized carbons (Fsp3) is 0.417. The molecular weight excluding hydrogens is 312 g/mol. The summed E-state index contributed by atoms with van der Waals surface area (Å²) in [6, 6.07) is 7.39. The Bertz CT molecular complexity index is 387. The van der Waals surface area contributed by atoms with Crippen molar-refractivity contribution in [2.75, 3.05) is 7.11 Å². The van der Waals surface area contributed by atoms with E-state index in [9.17, 15) is 18.0 Å². The summed E-state index contributed by atoms with van der Waals surface area (Å²) in [6.45, 7) is 0. The number of hydrogen-bond donors (Lipinski definition) is 0. The molecule has 0 aliphatic heterocycles. The Hall–Kier alpha value is -1.00. The van der Waals surface area contributed by atoms with Crippen LogP contribution < -0.4 is 4.74 Å². The number of ketones is 1. The molecule has 18 heavy (non-hydrogen) atoms. The molecule has 0 N–H and O–H groups in total. The van der Waals surface area contributed by atoms with E-state index in [-0.39, 0.29) is 15.0 Å². The standard InChI is InChI=1S/C12H13F3O2Se/c1-17-10-4-2-9(3-5-10)8-18-7-6-11(16)12(13,14)15/h2-5H,6-8H2,1H3. The van der Waals surface area contributed by atoms with E-state index in [2.05, 4.69) is 0 Å². The Kier molecular flexibility index (Phi) is 5.69. The van der Waals surface area contributed by atoms with Crippen molar-refractivity contribution in [2.45, 2.75) is 23.2 Å². The summed E-state index contributed by atoms with van der Waals surface area (Å²) in [4.78, 5) is 10.6. The SMILES string of the molecule is COc1ccc(C[Se]CCC(=O)C(F)(F)F)cc1. The molecule has 1 aromatic carbocycles. The van der Waals surface area contributed by atoms with E-state index in [1.165, 1.54) is 0 Å². The normalized spacial score (nSPS) is 11.3. The number of benzene rings is 1. The Morgan fingerprint density at radius 3 is 2.39 bits per heavy atom. The topological polar surface area (TPSA) is 26.3 Å². The van der Waals surface area contributed by atoms with Crippen LogP contribution in [-0.2, 0) is 10.1 Å². The second kappa shape index (κ2) is 6.80. The van der Waals surface area contributed by atoms with Crippen LogP contribution in [0.2, 0.25) is 5.32 Å². The monoisotopic (exact) mass is 326 g/mol. The number of carbonyl (C=O) groups is 1. The second-order valence-corrected chi connectivity index (χ2v) is 5.89. The summed E-state index contributed by atoms with van der Waals surface area (Å²) in [5, 5.41) is 1.04. The molecule has 0 heterocycles. The average molecular weight is 325 g/mol. The molecule has 100 valence electrons. The molecule has 0 spiro atoms. The van der Waals surface area contributed by atoms with Crippen LogP contribution in [-0.4, -0.2) is 34.0 Å². The van der Waals surface area contributed by atoms with Crippen molar-refractivity contribution in [1.29, 1.82) is 0 Å². The van der Waals surface area contributed by atoms with E-state index in [1.807, 2.05) is 24.3 Å². The Labute approximate surface area is 110 Å². The first-order valence-electron chi connectivity index (χ1n) is 5.24. The van der Waals surface area contributed by atoms with E-state index in [1.54, 1.807) is 7.11 Å². The summed E-state index contributed by atoms with van der Waals surface area (Å²) in [7, 11) is 1.57. The van der Waals surface area contributed by atoms with Crippen molar-refractivity contribution in [3.8, 4) is 5.75 Å². The third-order valence-electron chi connectivity index (χ3n) is 2.22. The first-order chi connectivity index (χ1) is 8.43. The third-order valence-corrected chi connectivity index (χ3v) is 4.38. The van der Waals surface area contributed by atoms with Gasteiger partial charge in [-0.05, 0) is 0 Å². The summed E-state index contributed by atoms with van der Waals surface area (Å²) < 4.78 is 40.8. The van der Waals surface area contributed by atoms with E-state index in [0.717, 1.165) is 16.6 Å². The summed E-state index contributed by atoms with van der Waals surface area (Å²) >= 11 is 0.00942. The van der Waals surface area contributed by atoms with Gasteiger partial charge < -0.3 is 0 Å². The molecule has 0 aliphatic carbocycles. The van der Waals surface area contributed by atoms with Gasteiger partial charge in [-0.25, -0.2) is 0 Å². The summed E-state index contributed by atoms with van der Waals surface area (Å²) in [5.74, 6) is -0.877. The molecule has 0 aliphatic rings. The van der Waals surface area contributed by atoms with Crippen LogP contribution in [0.3, 0.4) is 0 Å². The molecule has 0 atom stereocenters. The maximum atomic E-state index is 11.9. The number of halogens is 3. The first-order valence-corrected chi connectivity index (χ1v) is 7.66. The van der Waals surface area contributed by atoms with E-state index >= 15 is 0 Å². The number of alkyl halides is 3. The zero-order chi connectivity index (χ0) is 13.6. The summed E-state index contributed by atoms with van der Waals surface area (Å²) in [5.41, 5.74) is 1.05. The maximum absolute atomic E-state index is 11.9. The minimum atomic E-state index is -4.68. The number of hydrogen-bond acceptors (Lipinski definition) is 2. The Morgan fingerprint density at radius 2 is 1.89 bits per heavy atom. The van der Waals surface area contributed by atoms with Crippen molar-refractivity contribution >= 4 is 20.7 Å². The zero-order valence-electron chi connectivity index (χ0n) is 9.79. The molecule has 2 nitrogen and oxygen atoms in total. The molecule has 0 aromatic heterocycles. The van der Waals surface area contributed by atoms with Crippen LogP contribution in [0.15, 0.2) is 24.3 Å². The van der Waals surface area contributed by atoms with Gasteiger partial charge in [0.15, 0.2) is 0 Å². The van der Waals surface area contributed by atoms with Crippen molar-refractivity contribution in [2.24, 2.45) is 0 Å². The van der Waals surface area contributed by atoms with Gasteiger partial charge in [-0.1, -0.05) is 0 Å². The van der Waals surface area contributed by atoms with Gasteiger partial charge in [-0.3, -0.25) is 0 Å². The molecule has 1 rings (SSSR count). The fourth-order valence-corrected chi connectivity index (χ4v) is 3.11. The van der Waals surface area contributed by atoms with Crippen LogP contribution >= 0.6 is 0 Å². The minimum absolute atomic E-state index is 0.00942. The molecule has 0 unspecified atom stereocenters. The second-order valence-electron chi connectivity index (χ2n) is 3.57. The predicted molar refractivity (Wildman–Crippen MR) is 62.9 cm³/mol. The van der Waals surface area contributed by atoms with Crippen LogP contribution in [0.5, 0.6) is 5.75 Å². The number of carbonyl (C=O) groups excluding carboxylic acids is 1. The molecule has 6 heteroatoms. The van der Waals surface area contributed by atoms with Crippen molar-refractivity contribution in [1.82, 2.24) is 0 Å². The molecular formula is C12H13F3O2Se. The quantitative estimate of drug-likeness (QED) is 0.594. The van der Waals surface area contributed by atoms with E-state index in [0.29, 0.717) is 5.32 Å². The zero-order valence-corrected chi connectivity index (χ0v) is 11.5. The van der Waals surface area contributed by atoms with Gasteiger partial charge in [0.25, 0.3) is 0 Å². The summed E-state index contributed by atoms with van der Waals surface area (Å²) in [6.07, 6.45) is -5.09. The number of rotatable bonds is 6. The van der Waals surface area contributed by atoms with Crippen molar-refractivity contribution in [3.05, 3.63) is 29.8 Å². The van der Waals surface area contributed by atoms with Crippen molar-refractivity contribution in [3.63, 3.8) is 0 Å². The van der Waals surface area contributed by atoms with Crippen LogP contribution in [0.1, 0.15) is 12.0 Å². The Morgan fingerprint density at radius 1 is 1.28 bits per heavy atom. The van der Waals surface area contributed by atoms with Gasteiger partial charge in [0, 0.05) is 0 Å². The molecule has 0 fully saturated rings. The van der Waals surface area contributed by atoms with Gasteiger partial charge in [-0.2, -0.15) is 0 Å². The van der Waals surface area contributed by atoms with Gasteiger partial charge in [-0.15, -0.1) is 0 Å². The van der Waals surface area contributed by atoms with Crippen LogP contribution in [0, 0.1) is 0 Å². The molecule has 0 radical (unpaired) electrons. The number of methoxy groups -OCH3 is 1. The molecule has 0 bridgehead atoms. The van der Waals surface area contributed by atoms with Gasteiger partial charge in [0.2, 0.25) is 0 Å². The molecule has 0 saturated heterocycles. The average Bonchev–Trinajstić information content (AvgIpc) is 2.34. The first kappa shape index (κ1) is 15.1. The molecule has 1 aromatic rings. The van der Waals surface area contributed by atoms with Gasteiger partial charge >= 0.3 is 109 Å². The van der Waals surface area contributed by atoms with Gasteiger partial charge in [0.1, 0.15) is 0 Å². The third kappa shape index (κ3) is 5.10.